The lowest BCUT2D eigenvalue weighted by molar-refractivity contribution is -0.152. The molecule has 152 valence electrons. The molecule has 1 aromatic carbocycles. The molecule has 0 unspecified atom stereocenters. The highest BCUT2D eigenvalue weighted by atomic mass is 32.2. The van der Waals surface area contributed by atoms with E-state index in [2.05, 4.69) is 5.32 Å². The van der Waals surface area contributed by atoms with Gasteiger partial charge in [0.2, 0.25) is 5.91 Å². The van der Waals surface area contributed by atoms with E-state index in [-0.39, 0.29) is 30.4 Å². The Morgan fingerprint density at radius 3 is 2.64 bits per heavy atom. The molecule has 28 heavy (non-hydrogen) atoms. The fraction of sp³-hybridized carbons (Fsp3) is 0.526. The Morgan fingerprint density at radius 1 is 1.21 bits per heavy atom. The van der Waals surface area contributed by atoms with Gasteiger partial charge in [-0.05, 0) is 18.4 Å². The van der Waals surface area contributed by atoms with E-state index >= 15 is 0 Å². The molecule has 2 fully saturated rings. The molecule has 2 atom stereocenters. The van der Waals surface area contributed by atoms with Crippen molar-refractivity contribution >= 4 is 27.6 Å². The van der Waals surface area contributed by atoms with Crippen LogP contribution in [0.3, 0.4) is 0 Å². The van der Waals surface area contributed by atoms with E-state index in [4.69, 9.17) is 4.74 Å². The van der Waals surface area contributed by atoms with Gasteiger partial charge in [-0.25, -0.2) is 8.42 Å². The maximum atomic E-state index is 12.2. The minimum atomic E-state index is -3.09. The average Bonchev–Trinajstić information content (AvgIpc) is 3.20. The molecule has 2 saturated heterocycles. The second-order valence-corrected chi connectivity index (χ2v) is 9.48. The van der Waals surface area contributed by atoms with Gasteiger partial charge in [-0.15, -0.1) is 0 Å². The third-order valence-corrected chi connectivity index (χ3v) is 6.77. The molecular formula is C19H24N2O6S. The Hall–Kier alpha value is -2.42. The van der Waals surface area contributed by atoms with Crippen molar-refractivity contribution in [3.8, 4) is 0 Å². The normalized spacial score (nSPS) is 23.6. The molecule has 0 spiro atoms. The summed E-state index contributed by atoms with van der Waals surface area (Å²) in [6, 6.07) is 9.35. The largest absolute Gasteiger partial charge is 0.455 e. The van der Waals surface area contributed by atoms with Gasteiger partial charge in [0, 0.05) is 25.6 Å². The summed E-state index contributed by atoms with van der Waals surface area (Å²) in [5.41, 5.74) is 1.12. The minimum Gasteiger partial charge on any atom is -0.455 e. The number of ether oxygens (including phenoxy) is 1. The van der Waals surface area contributed by atoms with Crippen molar-refractivity contribution in [2.75, 3.05) is 31.2 Å². The van der Waals surface area contributed by atoms with Gasteiger partial charge in [-0.1, -0.05) is 30.3 Å². The molecule has 2 heterocycles. The van der Waals surface area contributed by atoms with E-state index < -0.39 is 40.3 Å². The lowest BCUT2D eigenvalue weighted by Crippen LogP contribution is -2.39. The van der Waals surface area contributed by atoms with E-state index in [9.17, 15) is 22.8 Å². The highest BCUT2D eigenvalue weighted by Gasteiger charge is 2.35. The Kier molecular flexibility index (Phi) is 6.33. The average molecular weight is 408 g/mol. The van der Waals surface area contributed by atoms with Gasteiger partial charge in [-0.3, -0.25) is 14.4 Å². The van der Waals surface area contributed by atoms with Crippen molar-refractivity contribution in [3.05, 3.63) is 35.9 Å². The number of likely N-dealkylation sites (tertiary alicyclic amines) is 1. The predicted octanol–water partition coefficient (Wildman–Crippen LogP) is -0.0759. The molecule has 2 aliphatic heterocycles. The number of hydrogen-bond acceptors (Lipinski definition) is 6. The van der Waals surface area contributed by atoms with Crippen LogP contribution < -0.4 is 5.32 Å². The number of carbonyl (C=O) groups excluding carboxylic acids is 3. The van der Waals surface area contributed by atoms with Crippen molar-refractivity contribution in [1.29, 1.82) is 0 Å². The number of hydrogen-bond donors (Lipinski definition) is 1. The topological polar surface area (TPSA) is 110 Å². The SMILES string of the molecule is O=C(COC(=O)[C@H]1CC(=O)N(CCc2ccccc2)C1)N[C@@H]1CCS(=O)(=O)C1. The maximum absolute atomic E-state index is 12.2. The molecule has 0 aliphatic carbocycles. The van der Waals surface area contributed by atoms with E-state index in [1.165, 1.54) is 0 Å². The lowest BCUT2D eigenvalue weighted by Gasteiger charge is -2.16. The van der Waals surface area contributed by atoms with Crippen LogP contribution in [-0.2, 0) is 35.4 Å². The van der Waals surface area contributed by atoms with Crippen LogP contribution in [0, 0.1) is 5.92 Å². The fourth-order valence-corrected chi connectivity index (χ4v) is 5.16. The monoisotopic (exact) mass is 408 g/mol. The Bertz CT molecular complexity index is 839. The van der Waals surface area contributed by atoms with Crippen LogP contribution in [0.1, 0.15) is 18.4 Å². The van der Waals surface area contributed by atoms with Gasteiger partial charge in [-0.2, -0.15) is 0 Å². The summed E-state index contributed by atoms with van der Waals surface area (Å²) in [6.45, 7) is 0.348. The van der Waals surface area contributed by atoms with Gasteiger partial charge >= 0.3 is 5.97 Å². The lowest BCUT2D eigenvalue weighted by atomic mass is 10.1. The molecule has 0 aromatic heterocycles. The summed E-state index contributed by atoms with van der Waals surface area (Å²) in [4.78, 5) is 37.8. The molecule has 3 rings (SSSR count). The van der Waals surface area contributed by atoms with Crippen LogP contribution in [-0.4, -0.2) is 68.3 Å². The quantitative estimate of drug-likeness (QED) is 0.632. The number of carbonyl (C=O) groups is 3. The predicted molar refractivity (Wildman–Crippen MR) is 101 cm³/mol. The highest BCUT2D eigenvalue weighted by Crippen LogP contribution is 2.20. The zero-order valence-electron chi connectivity index (χ0n) is 15.5. The van der Waals surface area contributed by atoms with E-state index in [0.717, 1.165) is 5.56 Å². The maximum Gasteiger partial charge on any atom is 0.311 e. The summed E-state index contributed by atoms with van der Waals surface area (Å²) >= 11 is 0. The summed E-state index contributed by atoms with van der Waals surface area (Å²) < 4.78 is 27.8. The molecule has 2 aliphatic rings. The molecule has 2 amide bonds. The molecule has 1 aromatic rings. The number of benzene rings is 1. The molecule has 1 N–H and O–H groups in total. The molecule has 0 radical (unpaired) electrons. The number of rotatable bonds is 7. The van der Waals surface area contributed by atoms with Crippen molar-refractivity contribution in [3.63, 3.8) is 0 Å². The zero-order valence-corrected chi connectivity index (χ0v) is 16.3. The van der Waals surface area contributed by atoms with Gasteiger partial charge in [0.05, 0.1) is 17.4 Å². The van der Waals surface area contributed by atoms with Crippen molar-refractivity contribution in [1.82, 2.24) is 10.2 Å². The summed E-state index contributed by atoms with van der Waals surface area (Å²) in [5.74, 6) is -1.81. The minimum absolute atomic E-state index is 0.0563. The molecule has 0 bridgehead atoms. The second-order valence-electron chi connectivity index (χ2n) is 7.25. The van der Waals surface area contributed by atoms with Gasteiger partial charge in [0.15, 0.2) is 16.4 Å². The second kappa shape index (κ2) is 8.72. The zero-order chi connectivity index (χ0) is 20.1. The first-order valence-corrected chi connectivity index (χ1v) is 11.1. The van der Waals surface area contributed by atoms with E-state index in [1.807, 2.05) is 30.3 Å². The summed E-state index contributed by atoms with van der Waals surface area (Å²) in [5, 5.41) is 2.56. The first-order chi connectivity index (χ1) is 13.3. The molecule has 8 nitrogen and oxygen atoms in total. The third kappa shape index (κ3) is 5.54. The third-order valence-electron chi connectivity index (χ3n) is 5.00. The van der Waals surface area contributed by atoms with Crippen LogP contribution in [0.2, 0.25) is 0 Å². The Balaban J connectivity index is 1.40. The Morgan fingerprint density at radius 2 is 1.96 bits per heavy atom. The van der Waals surface area contributed by atoms with Crippen LogP contribution in [0.15, 0.2) is 30.3 Å². The van der Waals surface area contributed by atoms with Crippen LogP contribution in [0.25, 0.3) is 0 Å². The van der Waals surface area contributed by atoms with E-state index in [1.54, 1.807) is 4.90 Å². The number of nitrogens with one attached hydrogen (secondary N) is 1. The van der Waals surface area contributed by atoms with Crippen LogP contribution in [0.5, 0.6) is 0 Å². The van der Waals surface area contributed by atoms with Crippen molar-refractivity contribution in [2.45, 2.75) is 25.3 Å². The molecule has 0 saturated carbocycles. The standard InChI is InChI=1S/C19H24N2O6S/c22-17(20-16-7-9-28(25,26)13-16)12-27-19(24)15-10-18(23)21(11-15)8-6-14-4-2-1-3-5-14/h1-5,15-16H,6-13H2,(H,20,22)/t15-,16+/m0/s1. The fourth-order valence-electron chi connectivity index (χ4n) is 3.49. The number of sulfone groups is 1. The van der Waals surface area contributed by atoms with Crippen LogP contribution >= 0.6 is 0 Å². The molecule has 9 heteroatoms. The number of esters is 1. The van der Waals surface area contributed by atoms with E-state index in [0.29, 0.717) is 19.4 Å². The first-order valence-electron chi connectivity index (χ1n) is 9.30. The van der Waals surface area contributed by atoms with Crippen LogP contribution in [0.4, 0.5) is 0 Å². The number of amides is 2. The molecular weight excluding hydrogens is 384 g/mol. The Labute approximate surface area is 164 Å². The van der Waals surface area contributed by atoms with Gasteiger partial charge < -0.3 is 15.0 Å². The summed E-state index contributed by atoms with van der Waals surface area (Å²) in [7, 11) is -3.09. The highest BCUT2D eigenvalue weighted by molar-refractivity contribution is 7.91. The van der Waals surface area contributed by atoms with Gasteiger partial charge in [0.1, 0.15) is 0 Å². The first kappa shape index (κ1) is 20.3. The van der Waals surface area contributed by atoms with Crippen molar-refractivity contribution < 1.29 is 27.5 Å². The number of nitrogens with zero attached hydrogens (tertiary/aromatic N) is 1. The van der Waals surface area contributed by atoms with Crippen molar-refractivity contribution in [2.24, 2.45) is 5.92 Å². The summed E-state index contributed by atoms with van der Waals surface area (Å²) in [6.07, 6.45) is 1.16. The smallest absolute Gasteiger partial charge is 0.311 e. The van der Waals surface area contributed by atoms with Gasteiger partial charge in [0.25, 0.3) is 5.91 Å².